The first-order valence-electron chi connectivity index (χ1n) is 8.41. The van der Waals surface area contributed by atoms with Crippen LogP contribution in [0.5, 0.6) is 11.5 Å². The largest absolute Gasteiger partial charge is 0.490 e. The number of hydrogen-bond acceptors (Lipinski definition) is 6. The maximum absolute atomic E-state index is 13.3. The summed E-state index contributed by atoms with van der Waals surface area (Å²) >= 11 is 0. The SMILES string of the molecule is CCOc1ccc(C(=O)Nc2nnc(-c3cccc(F)c3)o2)cc1OCC. The molecule has 0 fully saturated rings. The summed E-state index contributed by atoms with van der Waals surface area (Å²) in [6, 6.07) is 10.5. The Labute approximate surface area is 155 Å². The van der Waals surface area contributed by atoms with Crippen molar-refractivity contribution in [1.29, 1.82) is 0 Å². The van der Waals surface area contributed by atoms with Crippen LogP contribution in [-0.4, -0.2) is 29.3 Å². The zero-order chi connectivity index (χ0) is 19.2. The lowest BCUT2D eigenvalue weighted by Crippen LogP contribution is -2.12. The van der Waals surface area contributed by atoms with Crippen LogP contribution in [0.4, 0.5) is 10.4 Å². The zero-order valence-corrected chi connectivity index (χ0v) is 14.9. The van der Waals surface area contributed by atoms with Crippen molar-refractivity contribution in [3.63, 3.8) is 0 Å². The summed E-state index contributed by atoms with van der Waals surface area (Å²) in [6.45, 7) is 4.62. The number of carbonyl (C=O) groups is 1. The lowest BCUT2D eigenvalue weighted by molar-refractivity contribution is 0.102. The van der Waals surface area contributed by atoms with Crippen molar-refractivity contribution in [2.24, 2.45) is 0 Å². The number of hydrogen-bond donors (Lipinski definition) is 1. The lowest BCUT2D eigenvalue weighted by Gasteiger charge is -2.11. The average molecular weight is 371 g/mol. The smallest absolute Gasteiger partial charge is 0.322 e. The molecular formula is C19H18FN3O4. The van der Waals surface area contributed by atoms with Crippen molar-refractivity contribution in [2.45, 2.75) is 13.8 Å². The Bertz CT molecular complexity index is 942. The summed E-state index contributed by atoms with van der Waals surface area (Å²) in [4.78, 5) is 12.4. The van der Waals surface area contributed by atoms with Gasteiger partial charge in [0.1, 0.15) is 5.82 Å². The predicted octanol–water partition coefficient (Wildman–Crippen LogP) is 3.93. The third-order valence-electron chi connectivity index (χ3n) is 3.52. The topological polar surface area (TPSA) is 86.5 Å². The Kier molecular flexibility index (Phi) is 5.65. The first kappa shape index (κ1) is 18.4. The molecule has 2 aromatic carbocycles. The molecule has 0 aliphatic rings. The highest BCUT2D eigenvalue weighted by atomic mass is 19.1. The van der Waals surface area contributed by atoms with Gasteiger partial charge < -0.3 is 13.9 Å². The molecule has 7 nitrogen and oxygen atoms in total. The molecule has 27 heavy (non-hydrogen) atoms. The van der Waals surface area contributed by atoms with E-state index in [1.54, 1.807) is 24.3 Å². The number of nitrogens with zero attached hydrogens (tertiary/aromatic N) is 2. The van der Waals surface area contributed by atoms with Gasteiger partial charge in [-0.1, -0.05) is 11.2 Å². The first-order chi connectivity index (χ1) is 13.1. The highest BCUT2D eigenvalue weighted by molar-refractivity contribution is 6.03. The van der Waals surface area contributed by atoms with Crippen molar-refractivity contribution in [3.05, 3.63) is 53.8 Å². The van der Waals surface area contributed by atoms with Gasteiger partial charge in [0.15, 0.2) is 11.5 Å². The van der Waals surface area contributed by atoms with Gasteiger partial charge in [-0.2, -0.15) is 0 Å². The third kappa shape index (κ3) is 4.41. The molecule has 0 bridgehead atoms. The summed E-state index contributed by atoms with van der Waals surface area (Å²) < 4.78 is 29.7. The molecule has 0 aliphatic heterocycles. The van der Waals surface area contributed by atoms with E-state index in [1.807, 2.05) is 13.8 Å². The van der Waals surface area contributed by atoms with Crippen LogP contribution in [0.3, 0.4) is 0 Å². The molecule has 0 saturated carbocycles. The van der Waals surface area contributed by atoms with Crippen molar-refractivity contribution < 1.29 is 23.1 Å². The molecule has 0 radical (unpaired) electrons. The average Bonchev–Trinajstić information content (AvgIpc) is 3.12. The van der Waals surface area contributed by atoms with Crippen molar-refractivity contribution >= 4 is 11.9 Å². The van der Waals surface area contributed by atoms with Crippen LogP contribution in [0, 0.1) is 5.82 Å². The van der Waals surface area contributed by atoms with E-state index in [2.05, 4.69) is 15.5 Å². The lowest BCUT2D eigenvalue weighted by atomic mass is 10.2. The molecule has 0 unspecified atom stereocenters. The molecule has 1 aromatic heterocycles. The Morgan fingerprint density at radius 3 is 2.59 bits per heavy atom. The molecule has 0 aliphatic carbocycles. The van der Waals surface area contributed by atoms with E-state index in [-0.39, 0.29) is 11.9 Å². The van der Waals surface area contributed by atoms with Crippen LogP contribution in [0.25, 0.3) is 11.5 Å². The minimum absolute atomic E-state index is 0.0916. The molecule has 3 rings (SSSR count). The zero-order valence-electron chi connectivity index (χ0n) is 14.9. The molecule has 8 heteroatoms. The minimum atomic E-state index is -0.451. The van der Waals surface area contributed by atoms with Crippen molar-refractivity contribution in [1.82, 2.24) is 10.2 Å². The molecule has 1 N–H and O–H groups in total. The van der Waals surface area contributed by atoms with Gasteiger partial charge in [0.05, 0.1) is 13.2 Å². The van der Waals surface area contributed by atoms with Crippen LogP contribution in [0.2, 0.25) is 0 Å². The number of benzene rings is 2. The van der Waals surface area contributed by atoms with Gasteiger partial charge in [0.2, 0.25) is 5.89 Å². The fraction of sp³-hybridized carbons (Fsp3) is 0.211. The Hall–Kier alpha value is -3.42. The normalized spacial score (nSPS) is 10.5. The van der Waals surface area contributed by atoms with Crippen LogP contribution >= 0.6 is 0 Å². The van der Waals surface area contributed by atoms with Crippen LogP contribution < -0.4 is 14.8 Å². The molecule has 1 heterocycles. The number of rotatable bonds is 7. The summed E-state index contributed by atoms with van der Waals surface area (Å²) in [6.07, 6.45) is 0. The van der Waals surface area contributed by atoms with Gasteiger partial charge in [0.25, 0.3) is 5.91 Å². The van der Waals surface area contributed by atoms with Gasteiger partial charge in [-0.25, -0.2) is 4.39 Å². The second-order valence-corrected chi connectivity index (χ2v) is 5.40. The summed E-state index contributed by atoms with van der Waals surface area (Å²) in [5.41, 5.74) is 0.759. The maximum atomic E-state index is 13.3. The number of ether oxygens (including phenoxy) is 2. The first-order valence-corrected chi connectivity index (χ1v) is 8.41. The number of aromatic nitrogens is 2. The Balaban J connectivity index is 1.76. The Morgan fingerprint density at radius 1 is 1.07 bits per heavy atom. The van der Waals surface area contributed by atoms with Gasteiger partial charge in [-0.05, 0) is 50.2 Å². The highest BCUT2D eigenvalue weighted by Gasteiger charge is 2.15. The van der Waals surface area contributed by atoms with E-state index in [4.69, 9.17) is 13.9 Å². The van der Waals surface area contributed by atoms with E-state index in [0.29, 0.717) is 35.8 Å². The number of nitrogens with one attached hydrogen (secondary N) is 1. The maximum Gasteiger partial charge on any atom is 0.322 e. The van der Waals surface area contributed by atoms with E-state index in [1.165, 1.54) is 18.2 Å². The number of anilines is 1. The quantitative estimate of drug-likeness (QED) is 0.677. The summed E-state index contributed by atoms with van der Waals surface area (Å²) in [7, 11) is 0. The molecule has 0 atom stereocenters. The summed E-state index contributed by atoms with van der Waals surface area (Å²) in [5.74, 6) is 0.258. The Morgan fingerprint density at radius 2 is 1.85 bits per heavy atom. The van der Waals surface area contributed by atoms with Crippen LogP contribution in [-0.2, 0) is 0 Å². The molecule has 140 valence electrons. The summed E-state index contributed by atoms with van der Waals surface area (Å²) in [5, 5.41) is 10.1. The fourth-order valence-electron chi connectivity index (χ4n) is 2.37. The minimum Gasteiger partial charge on any atom is -0.490 e. The molecule has 1 amide bonds. The van der Waals surface area contributed by atoms with Crippen LogP contribution in [0.1, 0.15) is 24.2 Å². The van der Waals surface area contributed by atoms with E-state index >= 15 is 0 Å². The monoisotopic (exact) mass is 371 g/mol. The number of amides is 1. The molecule has 0 spiro atoms. The predicted molar refractivity (Wildman–Crippen MR) is 96.4 cm³/mol. The second kappa shape index (κ2) is 8.31. The van der Waals surface area contributed by atoms with Crippen LogP contribution in [0.15, 0.2) is 46.9 Å². The van der Waals surface area contributed by atoms with Gasteiger partial charge >= 0.3 is 6.01 Å². The van der Waals surface area contributed by atoms with Gasteiger partial charge in [0, 0.05) is 11.1 Å². The number of halogens is 1. The van der Waals surface area contributed by atoms with Gasteiger partial charge in [-0.3, -0.25) is 10.1 Å². The van der Waals surface area contributed by atoms with Gasteiger partial charge in [-0.15, -0.1) is 5.10 Å². The standard InChI is InChI=1S/C19H18FN3O4/c1-3-25-15-9-8-12(11-16(15)26-4-2)17(24)21-19-23-22-18(27-19)13-6-5-7-14(20)10-13/h5-11H,3-4H2,1-2H3,(H,21,23,24). The van der Waals surface area contributed by atoms with E-state index in [0.717, 1.165) is 0 Å². The second-order valence-electron chi connectivity index (χ2n) is 5.40. The van der Waals surface area contributed by atoms with E-state index < -0.39 is 11.7 Å². The van der Waals surface area contributed by atoms with Crippen molar-refractivity contribution in [3.8, 4) is 23.0 Å². The molecular weight excluding hydrogens is 353 g/mol. The molecule has 3 aromatic rings. The fourth-order valence-corrected chi connectivity index (χ4v) is 2.37. The third-order valence-corrected chi connectivity index (χ3v) is 3.52. The number of carbonyl (C=O) groups excluding carboxylic acids is 1. The highest BCUT2D eigenvalue weighted by Crippen LogP contribution is 2.29. The van der Waals surface area contributed by atoms with Crippen molar-refractivity contribution in [2.75, 3.05) is 18.5 Å². The molecule has 0 saturated heterocycles. The van der Waals surface area contributed by atoms with E-state index in [9.17, 15) is 9.18 Å².